The van der Waals surface area contributed by atoms with Gasteiger partial charge in [0.15, 0.2) is 5.82 Å². The lowest BCUT2D eigenvalue weighted by molar-refractivity contribution is -0.192. The highest BCUT2D eigenvalue weighted by atomic mass is 19.4. The molecule has 220 valence electrons. The minimum absolute atomic E-state index is 0.0813. The van der Waals surface area contributed by atoms with Gasteiger partial charge in [-0.25, -0.2) is 23.5 Å². The van der Waals surface area contributed by atoms with Gasteiger partial charge in [0.2, 0.25) is 0 Å². The minimum atomic E-state index is -5.08. The van der Waals surface area contributed by atoms with Gasteiger partial charge < -0.3 is 14.9 Å². The number of ether oxygens (including phenoxy) is 1. The first-order valence-electron chi connectivity index (χ1n) is 12.5. The second-order valence-electron chi connectivity index (χ2n) is 9.63. The molecule has 0 amide bonds. The van der Waals surface area contributed by atoms with Crippen molar-refractivity contribution in [3.8, 4) is 17.1 Å². The smallest absolute Gasteiger partial charge is 0.488 e. The summed E-state index contributed by atoms with van der Waals surface area (Å²) in [7, 11) is 0. The zero-order valence-corrected chi connectivity index (χ0v) is 22.2. The van der Waals surface area contributed by atoms with E-state index in [0.29, 0.717) is 18.1 Å². The molecule has 1 aliphatic heterocycles. The van der Waals surface area contributed by atoms with E-state index in [2.05, 4.69) is 9.88 Å². The highest BCUT2D eigenvalue weighted by molar-refractivity contribution is 5.73. The van der Waals surface area contributed by atoms with Gasteiger partial charge in [-0.2, -0.15) is 13.2 Å². The molecule has 0 saturated heterocycles. The number of benzene rings is 2. The number of carboxylic acids is 2. The molecule has 0 radical (unpaired) electrons. The number of rotatable bonds is 8. The van der Waals surface area contributed by atoms with Gasteiger partial charge in [0, 0.05) is 49.8 Å². The molecule has 13 heteroatoms. The molecule has 0 saturated carbocycles. The Labute approximate surface area is 232 Å². The Morgan fingerprint density at radius 2 is 1.78 bits per heavy atom. The molecule has 41 heavy (non-hydrogen) atoms. The fourth-order valence-electron chi connectivity index (χ4n) is 4.24. The molecule has 0 fully saturated rings. The van der Waals surface area contributed by atoms with Gasteiger partial charge in [-0.05, 0) is 48.7 Å². The van der Waals surface area contributed by atoms with Crippen LogP contribution in [0.4, 0.5) is 22.0 Å². The van der Waals surface area contributed by atoms with Crippen LogP contribution >= 0.6 is 0 Å². The van der Waals surface area contributed by atoms with Crippen LogP contribution in [0.15, 0.2) is 42.6 Å². The lowest BCUT2D eigenvalue weighted by atomic mass is 10.0. The molecule has 0 aliphatic carbocycles. The molecule has 0 bridgehead atoms. The number of fused-ring (bicyclic) bond motifs is 1. The van der Waals surface area contributed by atoms with E-state index in [1.165, 1.54) is 18.2 Å². The minimum Gasteiger partial charge on any atom is -0.488 e. The maximum absolute atomic E-state index is 13.9. The molecule has 1 aliphatic rings. The first-order valence-corrected chi connectivity index (χ1v) is 12.5. The predicted molar refractivity (Wildman–Crippen MR) is 137 cm³/mol. The number of hydrogen-bond donors (Lipinski definition) is 2. The van der Waals surface area contributed by atoms with Crippen LogP contribution in [0.2, 0.25) is 0 Å². The van der Waals surface area contributed by atoms with E-state index in [4.69, 9.17) is 24.7 Å². The van der Waals surface area contributed by atoms with Gasteiger partial charge in [0.25, 0.3) is 0 Å². The van der Waals surface area contributed by atoms with Crippen LogP contribution in [0.1, 0.15) is 35.7 Å². The Bertz CT molecular complexity index is 1380. The molecule has 3 aromatic rings. The summed E-state index contributed by atoms with van der Waals surface area (Å²) in [5.41, 5.74) is 3.60. The van der Waals surface area contributed by atoms with Crippen LogP contribution in [-0.4, -0.2) is 56.3 Å². The van der Waals surface area contributed by atoms with Crippen molar-refractivity contribution in [1.29, 1.82) is 0 Å². The van der Waals surface area contributed by atoms with Crippen molar-refractivity contribution >= 4 is 11.9 Å². The second-order valence-corrected chi connectivity index (χ2v) is 9.63. The average molecular weight is 582 g/mol. The van der Waals surface area contributed by atoms with Gasteiger partial charge in [0.1, 0.15) is 24.0 Å². The second kappa shape index (κ2) is 13.5. The summed E-state index contributed by atoms with van der Waals surface area (Å²) in [6, 6.07) is 9.24. The van der Waals surface area contributed by atoms with E-state index in [0.717, 1.165) is 41.9 Å². The van der Waals surface area contributed by atoms with Crippen molar-refractivity contribution in [3.05, 3.63) is 76.6 Å². The molecule has 2 N–H and O–H groups in total. The largest absolute Gasteiger partial charge is 0.490 e. The highest BCUT2D eigenvalue weighted by Crippen LogP contribution is 2.27. The van der Waals surface area contributed by atoms with Crippen molar-refractivity contribution < 1.29 is 46.5 Å². The van der Waals surface area contributed by atoms with Gasteiger partial charge in [-0.3, -0.25) is 9.69 Å². The average Bonchev–Trinajstić information content (AvgIpc) is 2.88. The topological polar surface area (TPSA) is 113 Å². The lowest BCUT2D eigenvalue weighted by Crippen LogP contribution is -2.35. The number of halogens is 5. The van der Waals surface area contributed by atoms with E-state index in [-0.39, 0.29) is 24.5 Å². The van der Waals surface area contributed by atoms with Crippen LogP contribution in [0.5, 0.6) is 5.75 Å². The Hall–Kier alpha value is -4.13. The lowest BCUT2D eigenvalue weighted by Gasteiger charge is -2.29. The number of alkyl halides is 3. The number of aliphatic carboxylic acids is 2. The zero-order valence-electron chi connectivity index (χ0n) is 22.2. The standard InChI is InChI=1S/C26H27F2N3O3.C2HF3O2/c1-16(10-25(32)33)13-31-9-8-23-19(14-31)12-29-26(30-23)18-6-7-24(17(2)11-18)34-15-20-21(27)4-3-5-22(20)28;3-2(4,5)1(6)7/h3-7,11-12,16H,8-10,13-15H2,1-2H3,(H,32,33);(H,6,7). The third kappa shape index (κ3) is 8.93. The molecule has 0 spiro atoms. The van der Waals surface area contributed by atoms with Crippen LogP contribution in [0, 0.1) is 24.5 Å². The number of aromatic nitrogens is 2. The number of carbonyl (C=O) groups is 2. The SMILES string of the molecule is Cc1cc(-c2ncc3c(n2)CCN(CC(C)CC(=O)O)C3)ccc1OCc1c(F)cccc1F.O=C(O)C(F)(F)F. The highest BCUT2D eigenvalue weighted by Gasteiger charge is 2.38. The predicted octanol–water partition coefficient (Wildman–Crippen LogP) is 5.41. The summed E-state index contributed by atoms with van der Waals surface area (Å²) < 4.78 is 65.1. The molecule has 1 atom stereocenters. The first kappa shape index (κ1) is 31.4. The summed E-state index contributed by atoms with van der Waals surface area (Å²) in [4.78, 5) is 31.4. The van der Waals surface area contributed by atoms with E-state index in [1.807, 2.05) is 32.2 Å². The quantitative estimate of drug-likeness (QED) is 0.340. The van der Waals surface area contributed by atoms with Gasteiger partial charge in [-0.15, -0.1) is 0 Å². The zero-order chi connectivity index (χ0) is 30.3. The van der Waals surface area contributed by atoms with Crippen molar-refractivity contribution in [2.45, 2.75) is 46.0 Å². The maximum Gasteiger partial charge on any atom is 0.490 e. The first-order chi connectivity index (χ1) is 19.2. The molecule has 1 aromatic heterocycles. The van der Waals surface area contributed by atoms with E-state index < -0.39 is 29.7 Å². The number of nitrogens with zero attached hydrogens (tertiary/aromatic N) is 3. The fraction of sp³-hybridized carbons (Fsp3) is 0.357. The Kier molecular flexibility index (Phi) is 10.3. The normalized spacial score (nSPS) is 13.9. The van der Waals surface area contributed by atoms with Crippen molar-refractivity contribution in [2.75, 3.05) is 13.1 Å². The van der Waals surface area contributed by atoms with Crippen LogP contribution in [0.3, 0.4) is 0 Å². The fourth-order valence-corrected chi connectivity index (χ4v) is 4.24. The summed E-state index contributed by atoms with van der Waals surface area (Å²) >= 11 is 0. The van der Waals surface area contributed by atoms with Crippen molar-refractivity contribution in [1.82, 2.24) is 14.9 Å². The van der Waals surface area contributed by atoms with E-state index in [9.17, 15) is 26.7 Å². The number of hydrogen-bond acceptors (Lipinski definition) is 6. The van der Waals surface area contributed by atoms with Crippen LogP contribution < -0.4 is 4.74 Å². The molecular weight excluding hydrogens is 553 g/mol. The van der Waals surface area contributed by atoms with Crippen LogP contribution in [0.25, 0.3) is 11.4 Å². The Balaban J connectivity index is 0.000000587. The van der Waals surface area contributed by atoms with Gasteiger partial charge in [0.05, 0.1) is 11.3 Å². The Morgan fingerprint density at radius 3 is 2.37 bits per heavy atom. The molecule has 2 aromatic carbocycles. The molecular formula is C28H28F5N3O5. The summed E-state index contributed by atoms with van der Waals surface area (Å²) in [5, 5.41) is 16.1. The summed E-state index contributed by atoms with van der Waals surface area (Å²) in [5.74, 6) is -3.57. The molecule has 8 nitrogen and oxygen atoms in total. The third-order valence-electron chi connectivity index (χ3n) is 6.22. The van der Waals surface area contributed by atoms with Crippen molar-refractivity contribution in [2.24, 2.45) is 5.92 Å². The molecule has 1 unspecified atom stereocenters. The molecule has 4 rings (SSSR count). The number of aryl methyl sites for hydroxylation is 1. The maximum atomic E-state index is 13.9. The van der Waals surface area contributed by atoms with E-state index >= 15 is 0 Å². The number of carboxylic acid groups (broad SMARTS) is 2. The third-order valence-corrected chi connectivity index (χ3v) is 6.22. The van der Waals surface area contributed by atoms with E-state index in [1.54, 1.807) is 6.07 Å². The Morgan fingerprint density at radius 1 is 1.12 bits per heavy atom. The summed E-state index contributed by atoms with van der Waals surface area (Å²) in [6.45, 7) is 5.88. The van der Waals surface area contributed by atoms with Crippen molar-refractivity contribution in [3.63, 3.8) is 0 Å². The van der Waals surface area contributed by atoms with Gasteiger partial charge in [-0.1, -0.05) is 13.0 Å². The molecule has 2 heterocycles. The monoisotopic (exact) mass is 581 g/mol. The summed E-state index contributed by atoms with van der Waals surface area (Å²) in [6.07, 6.45) is -2.31. The van der Waals surface area contributed by atoms with Gasteiger partial charge >= 0.3 is 18.1 Å². The van der Waals surface area contributed by atoms with Crippen LogP contribution in [-0.2, 0) is 29.2 Å².